The van der Waals surface area contributed by atoms with Crippen LogP contribution in [0.2, 0.25) is 0 Å². The van der Waals surface area contributed by atoms with Crippen molar-refractivity contribution < 1.29 is 64.9 Å². The molecular formula is C54H42BBr2IO2. The molecule has 0 aromatic heterocycles. The van der Waals surface area contributed by atoms with Gasteiger partial charge < -0.3 is 10.0 Å². The molecular weight excluding hydrogens is 978 g/mol. The van der Waals surface area contributed by atoms with Gasteiger partial charge in [-0.1, -0.05) is 237 Å². The van der Waals surface area contributed by atoms with Crippen molar-refractivity contribution in [3.8, 4) is 55.6 Å². The van der Waals surface area contributed by atoms with Crippen LogP contribution < -0.4 is 5.46 Å². The molecule has 0 radical (unpaired) electrons. The highest BCUT2D eigenvalue weighted by molar-refractivity contribution is 14.1. The van der Waals surface area contributed by atoms with E-state index in [9.17, 15) is 0 Å². The van der Waals surface area contributed by atoms with Crippen LogP contribution in [0, 0.1) is 3.57 Å². The second-order valence-electron chi connectivity index (χ2n) is 10.5. The first-order valence-corrected chi connectivity index (χ1v) is 18.8. The van der Waals surface area contributed by atoms with Crippen LogP contribution in [0.15, 0.2) is 251 Å². The van der Waals surface area contributed by atoms with E-state index in [4.69, 9.17) is 64.9 Å². The van der Waals surface area contributed by atoms with Crippen LogP contribution in [0.25, 0.3) is 55.6 Å². The van der Waals surface area contributed by atoms with Crippen LogP contribution in [0.1, 0.15) is 54.8 Å². The van der Waals surface area contributed by atoms with E-state index in [-0.39, 0.29) is 35.7 Å². The fraction of sp³-hybridized carbons (Fsp3) is 0. The molecule has 0 aliphatic carbocycles. The Morgan fingerprint density at radius 1 is 0.300 bits per heavy atom. The maximum Gasteiger partial charge on any atom is 0.488 e. The van der Waals surface area contributed by atoms with Gasteiger partial charge in [0, 0.05) is 12.5 Å². The number of rotatable bonds is 6. The minimum atomic E-state index is -2.07. The molecule has 0 saturated carbocycles. The molecule has 2 N–H and O–H groups in total. The van der Waals surface area contributed by atoms with E-state index in [2.05, 4.69) is 31.9 Å². The van der Waals surface area contributed by atoms with Crippen LogP contribution in [-0.2, 0) is 0 Å². The maximum atomic E-state index is 8.81. The first-order valence-electron chi connectivity index (χ1n) is 36.1. The summed E-state index contributed by atoms with van der Waals surface area (Å²) in [4.78, 5) is 0. The lowest BCUT2D eigenvalue weighted by molar-refractivity contribution is 0.426. The van der Waals surface area contributed by atoms with Gasteiger partial charge in [-0.2, -0.15) is 0 Å². The van der Waals surface area contributed by atoms with Gasteiger partial charge in [0.25, 0.3) is 0 Å². The monoisotopic (exact) mass is 1060 g/mol. The number of halogens is 3. The SMILES string of the molecule is [2H]c1c([2H])c(-c2c([2H])c([2H])c(-c3c([2H])c([2H])c(Br)c([2H])c3[2H])c([2H])c2[2H])c([2H])c([2H])c1Br.[2H]c1c([2H])c([2H])c(-c2c([2H])c([2H])c(-c3c([2H])c([2H])c([2H])c([2H])c3[2H])c([2H])c2[2H])c([2H])c1[2H].[2H]c1c([2H])c([2H])c(-c2c([2H])c([2H])c(I)c([2H])c2[2H])c([2H])c1[2H].[2H]c1c([2H])c([2H])c(B(O)O)c([2H])c1[2H]. The van der Waals surface area contributed by atoms with E-state index in [1.165, 1.54) is 0 Å². The first-order chi connectivity index (χ1) is 46.0. The number of hydrogen-bond donors (Lipinski definition) is 2. The Hall–Kier alpha value is -5.35. The molecule has 0 amide bonds. The van der Waals surface area contributed by atoms with E-state index in [0.29, 0.717) is 0 Å². The second kappa shape index (κ2) is 23.4. The molecule has 0 saturated heterocycles. The highest BCUT2D eigenvalue weighted by Gasteiger charge is 2.07. The van der Waals surface area contributed by atoms with Crippen molar-refractivity contribution in [2.75, 3.05) is 0 Å². The quantitative estimate of drug-likeness (QED) is 0.129. The molecule has 9 rings (SSSR count). The molecule has 9 aromatic rings. The van der Waals surface area contributed by atoms with Gasteiger partial charge in [-0.25, -0.2) is 0 Å². The summed E-state index contributed by atoms with van der Waals surface area (Å²) in [6.45, 7) is 0. The largest absolute Gasteiger partial charge is 0.488 e. The predicted octanol–water partition coefficient (Wildman–Crippen LogP) is 14.9. The first kappa shape index (κ1) is 15.8. The molecule has 0 aliphatic heterocycles. The van der Waals surface area contributed by atoms with Crippen LogP contribution in [0.4, 0.5) is 0 Å². The minimum absolute atomic E-state index is 0.110. The molecule has 0 heterocycles. The van der Waals surface area contributed by atoms with E-state index in [1.54, 1.807) is 22.6 Å². The molecule has 9 aromatic carbocycles. The van der Waals surface area contributed by atoms with Gasteiger partial charge in [0.05, 0.1) is 54.8 Å². The Morgan fingerprint density at radius 3 is 0.750 bits per heavy atom. The van der Waals surface area contributed by atoms with E-state index < -0.39 is 287 Å². The summed E-state index contributed by atoms with van der Waals surface area (Å²) < 4.78 is 317. The molecule has 0 aliphatic rings. The van der Waals surface area contributed by atoms with E-state index in [0.717, 1.165) is 0 Å². The third kappa shape index (κ3) is 13.9. The van der Waals surface area contributed by atoms with Crippen molar-refractivity contribution in [2.45, 2.75) is 0 Å². The highest BCUT2D eigenvalue weighted by Crippen LogP contribution is 2.28. The third-order valence-electron chi connectivity index (χ3n) is 6.56. The lowest BCUT2D eigenvalue weighted by Crippen LogP contribution is -2.29. The Balaban J connectivity index is 0.000000219. The Bertz CT molecular complexity index is 4260. The molecule has 6 heteroatoms. The predicted molar refractivity (Wildman–Crippen MR) is 271 cm³/mol. The van der Waals surface area contributed by atoms with E-state index >= 15 is 0 Å². The topological polar surface area (TPSA) is 40.5 Å². The van der Waals surface area contributed by atoms with E-state index in [1.807, 2.05) is 0 Å². The second-order valence-corrected chi connectivity index (χ2v) is 13.1. The van der Waals surface area contributed by atoms with Gasteiger partial charge in [0.15, 0.2) is 0 Å². The van der Waals surface area contributed by atoms with Gasteiger partial charge in [-0.05, 0) is 120 Å². The molecule has 0 unspecified atom stereocenters. The fourth-order valence-corrected chi connectivity index (χ4v) is 4.57. The van der Waals surface area contributed by atoms with Crippen LogP contribution in [0.3, 0.4) is 0 Å². The van der Waals surface area contributed by atoms with Gasteiger partial charge in [-0.15, -0.1) is 0 Å². The van der Waals surface area contributed by atoms with Crippen LogP contribution in [-0.4, -0.2) is 17.2 Å². The zero-order valence-corrected chi connectivity index (χ0v) is 34.9. The lowest BCUT2D eigenvalue weighted by Gasteiger charge is -2.05. The van der Waals surface area contributed by atoms with Crippen molar-refractivity contribution in [3.05, 3.63) is 254 Å². The van der Waals surface area contributed by atoms with Crippen molar-refractivity contribution >= 4 is 67.0 Å². The molecule has 60 heavy (non-hydrogen) atoms. The minimum Gasteiger partial charge on any atom is -0.423 e. The molecule has 0 fully saturated rings. The van der Waals surface area contributed by atoms with Crippen molar-refractivity contribution in [1.29, 1.82) is 0 Å². The average Bonchev–Trinajstić information content (AvgIpc) is 0.742. The van der Waals surface area contributed by atoms with Crippen molar-refractivity contribution in [1.82, 2.24) is 0 Å². The number of benzene rings is 9. The van der Waals surface area contributed by atoms with Gasteiger partial charge >= 0.3 is 7.12 Å². The van der Waals surface area contributed by atoms with Gasteiger partial charge in [-0.3, -0.25) is 0 Å². The summed E-state index contributed by atoms with van der Waals surface area (Å²) >= 11 is 7.61. The van der Waals surface area contributed by atoms with Crippen molar-refractivity contribution in [2.24, 2.45) is 0 Å². The highest BCUT2D eigenvalue weighted by atomic mass is 127. The normalized spacial score (nSPS) is 19.4. The molecule has 294 valence electrons. The molecule has 0 spiro atoms. The Kier molecular flexibility index (Phi) is 6.19. The van der Waals surface area contributed by atoms with Gasteiger partial charge in [0.2, 0.25) is 0 Å². The summed E-state index contributed by atoms with van der Waals surface area (Å²) in [7, 11) is -2.07. The maximum absolute atomic E-state index is 8.81. The Morgan fingerprint density at radius 2 is 0.500 bits per heavy atom. The summed E-state index contributed by atoms with van der Waals surface area (Å²) in [5.74, 6) is 0. The fourth-order valence-electron chi connectivity index (χ4n) is 3.91. The van der Waals surface area contributed by atoms with Crippen LogP contribution >= 0.6 is 54.5 Å². The van der Waals surface area contributed by atoms with Gasteiger partial charge in [0.1, 0.15) is 0 Å². The summed E-state index contributed by atoms with van der Waals surface area (Å²) in [5.41, 5.74) is -5.00. The van der Waals surface area contributed by atoms with Crippen molar-refractivity contribution in [3.63, 3.8) is 0 Å². The molecule has 0 atom stereocenters. The number of hydrogen-bond acceptors (Lipinski definition) is 2. The lowest BCUT2D eigenvalue weighted by atomic mass is 9.81. The van der Waals surface area contributed by atoms with Crippen LogP contribution in [0.5, 0.6) is 0 Å². The standard InChI is InChI=1S/C18H12Br2.C18H14.C12H9I.C6H7BO2/c19-17-9-5-15(6-10-17)13-1-2-14(4-3-13)16-7-11-18(20)12-8-16;1-3-7-15(8-4-1)17-11-13-18(14-12-17)16-9-5-2-6-10-16;13-12-8-6-11(7-9-12)10-4-2-1-3-5-10;8-7(9)6-4-2-1-3-5-6/h1-12H;1-14H;1-9H;1-5,8-9H/i1D,2D,3D,4D,5D,6D,7D,8D,9D,10D,11D,12D;1D,2D,3D,4D,5D,6D,7D,8D,9D,10D,11D,12D,13D,14D;1D,2D,3D,4D,5D,6D,7D,8D,9D;1D,2D,3D,4D,5D. The zero-order valence-electron chi connectivity index (χ0n) is 69.6. The molecule has 0 bridgehead atoms. The summed E-state index contributed by atoms with van der Waals surface area (Å²) in [6.07, 6.45) is 0. The third-order valence-corrected chi connectivity index (χ3v) is 7.89. The smallest absolute Gasteiger partial charge is 0.423 e. The Labute approximate surface area is 441 Å². The zero-order chi connectivity index (χ0) is 76.8. The summed E-state index contributed by atoms with van der Waals surface area (Å²) in [6, 6.07) is -24.1. The average molecular weight is 1060 g/mol. The molecule has 2 nitrogen and oxygen atoms in total. The summed E-state index contributed by atoms with van der Waals surface area (Å²) in [5, 5.41) is 17.6.